The smallest absolute Gasteiger partial charge is 0.0317 e. The Kier molecular flexibility index (Phi) is 6.81. The molecular weight excluding hydrogens is 220 g/mol. The van der Waals surface area contributed by atoms with Crippen LogP contribution in [0, 0.1) is 5.92 Å². The van der Waals surface area contributed by atoms with E-state index in [9.17, 15) is 0 Å². The van der Waals surface area contributed by atoms with Crippen molar-refractivity contribution < 1.29 is 0 Å². The summed E-state index contributed by atoms with van der Waals surface area (Å²) in [6.07, 6.45) is 3.82. The highest BCUT2D eigenvalue weighted by Crippen LogP contribution is 2.12. The van der Waals surface area contributed by atoms with Crippen molar-refractivity contribution >= 4 is 5.69 Å². The summed E-state index contributed by atoms with van der Waals surface area (Å²) in [5.74, 6) is 0.806. The van der Waals surface area contributed by atoms with Gasteiger partial charge >= 0.3 is 0 Å². The van der Waals surface area contributed by atoms with Crippen molar-refractivity contribution in [3.8, 4) is 0 Å². The van der Waals surface area contributed by atoms with Gasteiger partial charge in [-0.15, -0.1) is 0 Å². The second-order valence-corrected chi connectivity index (χ2v) is 5.56. The SMILES string of the molecule is CCCN(CCCC(C)C)Cc1cccc(N)c1. The average Bonchev–Trinajstić information content (AvgIpc) is 2.28. The van der Waals surface area contributed by atoms with Crippen molar-refractivity contribution in [1.82, 2.24) is 4.90 Å². The van der Waals surface area contributed by atoms with Gasteiger partial charge in [0.2, 0.25) is 0 Å². The molecule has 2 heteroatoms. The minimum Gasteiger partial charge on any atom is -0.399 e. The molecule has 2 nitrogen and oxygen atoms in total. The lowest BCUT2D eigenvalue weighted by Crippen LogP contribution is -2.25. The zero-order valence-electron chi connectivity index (χ0n) is 12.2. The molecule has 0 bridgehead atoms. The maximum absolute atomic E-state index is 5.83. The van der Waals surface area contributed by atoms with E-state index in [1.54, 1.807) is 0 Å². The maximum atomic E-state index is 5.83. The molecule has 0 unspecified atom stereocenters. The Hall–Kier alpha value is -1.02. The van der Waals surface area contributed by atoms with Gasteiger partial charge in [0.15, 0.2) is 0 Å². The van der Waals surface area contributed by atoms with Gasteiger partial charge < -0.3 is 5.73 Å². The number of hydrogen-bond donors (Lipinski definition) is 1. The summed E-state index contributed by atoms with van der Waals surface area (Å²) >= 11 is 0. The summed E-state index contributed by atoms with van der Waals surface area (Å²) in [6.45, 7) is 10.2. The molecule has 0 spiro atoms. The van der Waals surface area contributed by atoms with E-state index in [0.717, 1.165) is 18.2 Å². The second-order valence-electron chi connectivity index (χ2n) is 5.56. The molecule has 0 amide bonds. The van der Waals surface area contributed by atoms with Crippen molar-refractivity contribution in [3.63, 3.8) is 0 Å². The van der Waals surface area contributed by atoms with Crippen LogP contribution in [0.15, 0.2) is 24.3 Å². The van der Waals surface area contributed by atoms with Crippen LogP contribution in [0.5, 0.6) is 0 Å². The zero-order chi connectivity index (χ0) is 13.4. The van der Waals surface area contributed by atoms with E-state index in [-0.39, 0.29) is 0 Å². The molecule has 0 aromatic heterocycles. The van der Waals surface area contributed by atoms with Crippen molar-refractivity contribution in [1.29, 1.82) is 0 Å². The fourth-order valence-electron chi connectivity index (χ4n) is 2.26. The van der Waals surface area contributed by atoms with Crippen molar-refractivity contribution in [2.24, 2.45) is 5.92 Å². The fourth-order valence-corrected chi connectivity index (χ4v) is 2.26. The molecule has 1 rings (SSSR count). The Labute approximate surface area is 112 Å². The second kappa shape index (κ2) is 8.15. The molecule has 0 saturated carbocycles. The molecule has 0 atom stereocenters. The third-order valence-electron chi connectivity index (χ3n) is 3.15. The standard InChI is InChI=1S/C16H28N2/c1-4-10-18(11-6-7-14(2)3)13-15-8-5-9-16(17)12-15/h5,8-9,12,14H,4,6-7,10-11,13,17H2,1-3H3. The van der Waals surface area contributed by atoms with Crippen LogP contribution in [0.3, 0.4) is 0 Å². The molecular formula is C16H28N2. The Bertz CT molecular complexity index is 334. The molecule has 1 aromatic rings. The van der Waals surface area contributed by atoms with E-state index in [4.69, 9.17) is 5.73 Å². The first kappa shape index (κ1) is 15.0. The number of anilines is 1. The molecule has 18 heavy (non-hydrogen) atoms. The monoisotopic (exact) mass is 248 g/mol. The van der Waals surface area contributed by atoms with Crippen LogP contribution in [0.4, 0.5) is 5.69 Å². The van der Waals surface area contributed by atoms with Gasteiger partial charge in [0, 0.05) is 12.2 Å². The number of rotatable bonds is 8. The van der Waals surface area contributed by atoms with Crippen LogP contribution in [-0.2, 0) is 6.54 Å². The molecule has 0 aliphatic carbocycles. The van der Waals surface area contributed by atoms with E-state index < -0.39 is 0 Å². The van der Waals surface area contributed by atoms with Crippen LogP contribution < -0.4 is 5.73 Å². The van der Waals surface area contributed by atoms with Crippen molar-refractivity contribution in [2.75, 3.05) is 18.8 Å². The topological polar surface area (TPSA) is 29.3 Å². The largest absolute Gasteiger partial charge is 0.399 e. The highest BCUT2D eigenvalue weighted by Gasteiger charge is 2.05. The number of nitrogen functional groups attached to an aromatic ring is 1. The van der Waals surface area contributed by atoms with Gasteiger partial charge in [0.1, 0.15) is 0 Å². The predicted molar refractivity (Wildman–Crippen MR) is 80.5 cm³/mol. The van der Waals surface area contributed by atoms with E-state index in [1.807, 2.05) is 12.1 Å². The van der Waals surface area contributed by atoms with Gasteiger partial charge in [-0.1, -0.05) is 32.9 Å². The lowest BCUT2D eigenvalue weighted by atomic mass is 10.1. The molecule has 0 radical (unpaired) electrons. The fraction of sp³-hybridized carbons (Fsp3) is 0.625. The van der Waals surface area contributed by atoms with Crippen molar-refractivity contribution in [3.05, 3.63) is 29.8 Å². The van der Waals surface area contributed by atoms with Gasteiger partial charge in [-0.2, -0.15) is 0 Å². The number of hydrogen-bond acceptors (Lipinski definition) is 2. The van der Waals surface area contributed by atoms with E-state index in [1.165, 1.54) is 37.9 Å². The molecule has 1 aromatic carbocycles. The van der Waals surface area contributed by atoms with Gasteiger partial charge in [0.25, 0.3) is 0 Å². The van der Waals surface area contributed by atoms with Crippen LogP contribution in [0.1, 0.15) is 45.6 Å². The molecule has 0 heterocycles. The first-order valence-electron chi connectivity index (χ1n) is 7.18. The lowest BCUT2D eigenvalue weighted by Gasteiger charge is -2.22. The first-order chi connectivity index (χ1) is 8.61. The zero-order valence-corrected chi connectivity index (χ0v) is 12.2. The van der Waals surface area contributed by atoms with E-state index in [0.29, 0.717) is 0 Å². The highest BCUT2D eigenvalue weighted by atomic mass is 15.1. The van der Waals surface area contributed by atoms with Gasteiger partial charge in [-0.05, 0) is 56.0 Å². The minimum absolute atomic E-state index is 0.806. The molecule has 0 aliphatic rings. The molecule has 2 N–H and O–H groups in total. The first-order valence-corrected chi connectivity index (χ1v) is 7.18. The molecule has 0 aliphatic heterocycles. The molecule has 102 valence electrons. The number of nitrogens with zero attached hydrogens (tertiary/aromatic N) is 1. The normalized spacial score (nSPS) is 11.4. The van der Waals surface area contributed by atoms with Gasteiger partial charge in [-0.3, -0.25) is 4.90 Å². The molecule has 0 saturated heterocycles. The van der Waals surface area contributed by atoms with E-state index in [2.05, 4.69) is 37.8 Å². The highest BCUT2D eigenvalue weighted by molar-refractivity contribution is 5.40. The summed E-state index contributed by atoms with van der Waals surface area (Å²) in [4.78, 5) is 2.54. The quantitative estimate of drug-likeness (QED) is 0.707. The van der Waals surface area contributed by atoms with Gasteiger partial charge in [0.05, 0.1) is 0 Å². The Morgan fingerprint density at radius 2 is 2.00 bits per heavy atom. The Morgan fingerprint density at radius 1 is 1.22 bits per heavy atom. The van der Waals surface area contributed by atoms with Crippen LogP contribution in [-0.4, -0.2) is 18.0 Å². The minimum atomic E-state index is 0.806. The summed E-state index contributed by atoms with van der Waals surface area (Å²) < 4.78 is 0. The lowest BCUT2D eigenvalue weighted by molar-refractivity contribution is 0.255. The Morgan fingerprint density at radius 3 is 2.61 bits per heavy atom. The Balaban J connectivity index is 2.46. The molecule has 0 fully saturated rings. The summed E-state index contributed by atoms with van der Waals surface area (Å²) in [7, 11) is 0. The van der Waals surface area contributed by atoms with Crippen molar-refractivity contribution in [2.45, 2.75) is 46.6 Å². The number of nitrogens with two attached hydrogens (primary N) is 1. The van der Waals surface area contributed by atoms with Crippen LogP contribution in [0.2, 0.25) is 0 Å². The maximum Gasteiger partial charge on any atom is 0.0317 e. The summed E-state index contributed by atoms with van der Waals surface area (Å²) in [5.41, 5.74) is 8.02. The average molecular weight is 248 g/mol. The van der Waals surface area contributed by atoms with E-state index >= 15 is 0 Å². The van der Waals surface area contributed by atoms with Crippen LogP contribution >= 0.6 is 0 Å². The predicted octanol–water partition coefficient (Wildman–Crippen LogP) is 3.92. The summed E-state index contributed by atoms with van der Waals surface area (Å²) in [5, 5.41) is 0. The third kappa shape index (κ3) is 6.06. The summed E-state index contributed by atoms with van der Waals surface area (Å²) in [6, 6.07) is 8.25. The third-order valence-corrected chi connectivity index (χ3v) is 3.15. The van der Waals surface area contributed by atoms with Gasteiger partial charge in [-0.25, -0.2) is 0 Å². The van der Waals surface area contributed by atoms with Crippen LogP contribution in [0.25, 0.3) is 0 Å². The number of benzene rings is 1.